The smallest absolute Gasteiger partial charge is 0.126 e. The van der Waals surface area contributed by atoms with E-state index in [4.69, 9.17) is 5.84 Å². The van der Waals surface area contributed by atoms with E-state index in [0.29, 0.717) is 17.9 Å². The van der Waals surface area contributed by atoms with Crippen LogP contribution in [-0.2, 0) is 6.42 Å². The van der Waals surface area contributed by atoms with Crippen molar-refractivity contribution in [1.82, 2.24) is 5.43 Å². The van der Waals surface area contributed by atoms with Crippen molar-refractivity contribution in [3.63, 3.8) is 0 Å². The first-order valence-corrected chi connectivity index (χ1v) is 6.62. The molecule has 1 aromatic rings. The summed E-state index contributed by atoms with van der Waals surface area (Å²) in [6, 6.07) is 3.50. The van der Waals surface area contributed by atoms with E-state index in [9.17, 15) is 8.78 Å². The molecule has 0 radical (unpaired) electrons. The SMILES string of the molecule is CC1(C)C(C(Cc2cc(F)ccc2F)NN)C1(C)C. The molecule has 1 atom stereocenters. The van der Waals surface area contributed by atoms with E-state index in [-0.39, 0.29) is 22.7 Å². The van der Waals surface area contributed by atoms with Gasteiger partial charge in [-0.2, -0.15) is 0 Å². The van der Waals surface area contributed by atoms with Gasteiger partial charge in [-0.1, -0.05) is 27.7 Å². The van der Waals surface area contributed by atoms with Crippen LogP contribution in [0.25, 0.3) is 0 Å². The Morgan fingerprint density at radius 1 is 1.21 bits per heavy atom. The molecule has 1 aliphatic carbocycles. The maximum absolute atomic E-state index is 13.7. The lowest BCUT2D eigenvalue weighted by atomic mass is 9.97. The number of hydrogen-bond donors (Lipinski definition) is 2. The van der Waals surface area contributed by atoms with Crippen LogP contribution in [0.15, 0.2) is 18.2 Å². The van der Waals surface area contributed by atoms with Crippen LogP contribution in [0.5, 0.6) is 0 Å². The highest BCUT2D eigenvalue weighted by atomic mass is 19.1. The maximum atomic E-state index is 13.7. The zero-order valence-corrected chi connectivity index (χ0v) is 11.9. The quantitative estimate of drug-likeness (QED) is 0.650. The standard InChI is InChI=1S/C15H22F2N2/c1-14(2)13(15(14,3)4)12(19-18)8-9-7-10(16)5-6-11(9)17/h5-7,12-13,19H,8,18H2,1-4H3. The minimum absolute atomic E-state index is 0.0544. The number of rotatable bonds is 4. The predicted octanol–water partition coefficient (Wildman–Crippen LogP) is 3.02. The predicted molar refractivity (Wildman–Crippen MR) is 72.2 cm³/mol. The molecule has 1 aromatic carbocycles. The van der Waals surface area contributed by atoms with E-state index in [1.807, 2.05) is 0 Å². The Balaban J connectivity index is 2.20. The number of halogens is 2. The summed E-state index contributed by atoms with van der Waals surface area (Å²) in [6.07, 6.45) is 0.400. The van der Waals surface area contributed by atoms with Gasteiger partial charge in [0.25, 0.3) is 0 Å². The summed E-state index contributed by atoms with van der Waals surface area (Å²) in [5.41, 5.74) is 3.45. The second-order valence-electron chi connectivity index (χ2n) is 6.63. The van der Waals surface area contributed by atoms with Gasteiger partial charge in [0, 0.05) is 6.04 Å². The minimum atomic E-state index is -0.415. The van der Waals surface area contributed by atoms with Crippen LogP contribution in [0.3, 0.4) is 0 Å². The van der Waals surface area contributed by atoms with Gasteiger partial charge in [0.2, 0.25) is 0 Å². The second kappa shape index (κ2) is 4.53. The molecule has 1 unspecified atom stereocenters. The fourth-order valence-corrected chi connectivity index (χ4v) is 3.46. The van der Waals surface area contributed by atoms with Crippen LogP contribution in [-0.4, -0.2) is 6.04 Å². The number of hydrazine groups is 1. The lowest BCUT2D eigenvalue weighted by molar-refractivity contribution is 0.396. The molecule has 0 bridgehead atoms. The Hall–Kier alpha value is -1.00. The number of nitrogens with one attached hydrogen (secondary N) is 1. The summed E-state index contributed by atoms with van der Waals surface area (Å²) >= 11 is 0. The van der Waals surface area contributed by atoms with Gasteiger partial charge >= 0.3 is 0 Å². The summed E-state index contributed by atoms with van der Waals surface area (Å²) in [4.78, 5) is 0. The van der Waals surface area contributed by atoms with Crippen LogP contribution in [0.2, 0.25) is 0 Å². The highest BCUT2D eigenvalue weighted by Crippen LogP contribution is 2.69. The largest absolute Gasteiger partial charge is 0.271 e. The molecule has 4 heteroatoms. The van der Waals surface area contributed by atoms with Crippen LogP contribution >= 0.6 is 0 Å². The number of nitrogens with two attached hydrogens (primary N) is 1. The first kappa shape index (κ1) is 14.4. The van der Waals surface area contributed by atoms with Crippen molar-refractivity contribution in [2.24, 2.45) is 22.6 Å². The molecule has 0 heterocycles. The van der Waals surface area contributed by atoms with Crippen molar-refractivity contribution in [3.8, 4) is 0 Å². The molecule has 0 aliphatic heterocycles. The fraction of sp³-hybridized carbons (Fsp3) is 0.600. The molecule has 1 fully saturated rings. The van der Waals surface area contributed by atoms with Crippen molar-refractivity contribution >= 4 is 0 Å². The summed E-state index contributed by atoms with van der Waals surface area (Å²) in [5, 5.41) is 0. The first-order chi connectivity index (χ1) is 8.71. The molecule has 1 aliphatic rings. The van der Waals surface area contributed by atoms with E-state index < -0.39 is 5.82 Å². The van der Waals surface area contributed by atoms with E-state index in [1.54, 1.807) is 0 Å². The summed E-state index contributed by atoms with van der Waals surface area (Å²) in [6.45, 7) is 8.74. The summed E-state index contributed by atoms with van der Waals surface area (Å²) in [5.74, 6) is 5.17. The molecular formula is C15H22F2N2. The number of hydrogen-bond acceptors (Lipinski definition) is 2. The molecule has 0 spiro atoms. The van der Waals surface area contributed by atoms with Gasteiger partial charge in [0.15, 0.2) is 0 Å². The van der Waals surface area contributed by atoms with E-state index in [0.717, 1.165) is 6.07 Å². The van der Waals surface area contributed by atoms with Crippen molar-refractivity contribution < 1.29 is 8.78 Å². The fourth-order valence-electron chi connectivity index (χ4n) is 3.46. The normalized spacial score (nSPS) is 22.3. The molecule has 1 saturated carbocycles. The van der Waals surface area contributed by atoms with Gasteiger partial charge in [0.05, 0.1) is 0 Å². The Labute approximate surface area is 113 Å². The van der Waals surface area contributed by atoms with E-state index in [1.165, 1.54) is 12.1 Å². The van der Waals surface area contributed by atoms with E-state index >= 15 is 0 Å². The van der Waals surface area contributed by atoms with Gasteiger partial charge < -0.3 is 0 Å². The average molecular weight is 268 g/mol. The van der Waals surface area contributed by atoms with E-state index in [2.05, 4.69) is 33.1 Å². The Bertz CT molecular complexity index is 469. The molecule has 0 saturated heterocycles. The monoisotopic (exact) mass is 268 g/mol. The average Bonchev–Trinajstić information content (AvgIpc) is 2.72. The molecule has 0 aromatic heterocycles. The van der Waals surface area contributed by atoms with Crippen molar-refractivity contribution in [2.45, 2.75) is 40.2 Å². The summed E-state index contributed by atoms with van der Waals surface area (Å²) in [7, 11) is 0. The van der Waals surface area contributed by atoms with Gasteiger partial charge in [-0.15, -0.1) is 0 Å². The Kier molecular flexibility index (Phi) is 3.43. The lowest BCUT2D eigenvalue weighted by Crippen LogP contribution is -2.40. The zero-order valence-electron chi connectivity index (χ0n) is 11.9. The molecule has 0 amide bonds. The third kappa shape index (κ3) is 2.28. The van der Waals surface area contributed by atoms with Crippen LogP contribution in [0.4, 0.5) is 8.78 Å². The van der Waals surface area contributed by atoms with Crippen molar-refractivity contribution in [1.29, 1.82) is 0 Å². The van der Waals surface area contributed by atoms with Crippen molar-refractivity contribution in [3.05, 3.63) is 35.4 Å². The molecule has 2 rings (SSSR count). The highest BCUT2D eigenvalue weighted by Gasteiger charge is 2.66. The third-order valence-electron chi connectivity index (χ3n) is 5.20. The topological polar surface area (TPSA) is 38.0 Å². The molecule has 2 nitrogen and oxygen atoms in total. The molecular weight excluding hydrogens is 246 g/mol. The Morgan fingerprint density at radius 2 is 1.79 bits per heavy atom. The third-order valence-corrected chi connectivity index (χ3v) is 5.20. The Morgan fingerprint density at radius 3 is 2.26 bits per heavy atom. The maximum Gasteiger partial charge on any atom is 0.126 e. The highest BCUT2D eigenvalue weighted by molar-refractivity contribution is 5.23. The first-order valence-electron chi connectivity index (χ1n) is 6.62. The van der Waals surface area contributed by atoms with Crippen molar-refractivity contribution in [2.75, 3.05) is 0 Å². The molecule has 19 heavy (non-hydrogen) atoms. The van der Waals surface area contributed by atoms with Crippen LogP contribution < -0.4 is 11.3 Å². The second-order valence-corrected chi connectivity index (χ2v) is 6.63. The zero-order chi connectivity index (χ0) is 14.4. The lowest BCUT2D eigenvalue weighted by Gasteiger charge is -2.18. The van der Waals surface area contributed by atoms with Gasteiger partial charge in [-0.3, -0.25) is 11.3 Å². The molecule has 3 N–H and O–H groups in total. The summed E-state index contributed by atoms with van der Waals surface area (Å²) < 4.78 is 26.9. The molecule has 106 valence electrons. The van der Waals surface area contributed by atoms with Gasteiger partial charge in [-0.05, 0) is 46.9 Å². The number of benzene rings is 1. The minimum Gasteiger partial charge on any atom is -0.271 e. The van der Waals surface area contributed by atoms with Gasteiger partial charge in [0.1, 0.15) is 11.6 Å². The van der Waals surface area contributed by atoms with Crippen LogP contribution in [0, 0.1) is 28.4 Å². The van der Waals surface area contributed by atoms with Crippen LogP contribution in [0.1, 0.15) is 33.3 Å². The van der Waals surface area contributed by atoms with Gasteiger partial charge in [-0.25, -0.2) is 8.78 Å².